The summed E-state index contributed by atoms with van der Waals surface area (Å²) in [7, 11) is 0. The van der Waals surface area contributed by atoms with E-state index in [-0.39, 0.29) is 24.6 Å². The van der Waals surface area contributed by atoms with Crippen LogP contribution >= 0.6 is 0 Å². The Morgan fingerprint density at radius 1 is 0.900 bits per heavy atom. The quantitative estimate of drug-likeness (QED) is 0.238. The van der Waals surface area contributed by atoms with Crippen LogP contribution < -0.4 is 10.6 Å². The van der Waals surface area contributed by atoms with Gasteiger partial charge in [0.25, 0.3) is 0 Å². The second kappa shape index (κ2) is 16.5. The lowest BCUT2D eigenvalue weighted by atomic mass is 9.99. The average Bonchev–Trinajstić information content (AvgIpc) is 2.90. The molecule has 40 heavy (non-hydrogen) atoms. The number of carbonyl (C=O) groups excluding carboxylic acids is 3. The minimum atomic E-state index is -1.06. The summed E-state index contributed by atoms with van der Waals surface area (Å²) < 4.78 is 5.48. The highest BCUT2D eigenvalue weighted by Crippen LogP contribution is 2.30. The van der Waals surface area contributed by atoms with Crippen molar-refractivity contribution in [3.63, 3.8) is 0 Å². The molecule has 2 aromatic carbocycles. The van der Waals surface area contributed by atoms with Crippen LogP contribution in [0.3, 0.4) is 0 Å². The lowest BCUT2D eigenvalue weighted by Gasteiger charge is -2.35. The second-order valence-electron chi connectivity index (χ2n) is 11.1. The van der Waals surface area contributed by atoms with E-state index in [4.69, 9.17) is 4.74 Å². The maximum absolute atomic E-state index is 14.3. The fourth-order valence-corrected chi connectivity index (χ4v) is 4.45. The number of amides is 3. The Bertz CT molecular complexity index is 1070. The highest BCUT2D eigenvalue weighted by atomic mass is 16.6. The van der Waals surface area contributed by atoms with Gasteiger partial charge in [-0.1, -0.05) is 88.1 Å². The number of para-hydroxylation sites is 1. The van der Waals surface area contributed by atoms with E-state index in [2.05, 4.69) is 24.5 Å². The molecule has 0 aliphatic carbocycles. The van der Waals surface area contributed by atoms with Gasteiger partial charge in [-0.15, -0.1) is 0 Å². The van der Waals surface area contributed by atoms with Gasteiger partial charge in [-0.3, -0.25) is 9.59 Å². The first kappa shape index (κ1) is 32.7. The molecular weight excluding hydrogens is 506 g/mol. The maximum atomic E-state index is 14.3. The lowest BCUT2D eigenvalue weighted by molar-refractivity contribution is -0.142. The Labute approximate surface area is 239 Å². The Kier molecular flexibility index (Phi) is 13.5. The number of unbranched alkanes of at least 4 members (excludes halogenated alkanes) is 4. The topological polar surface area (TPSA) is 108 Å². The number of phenolic OH excluding ortho intramolecular Hbond substituents is 1. The lowest BCUT2D eigenvalue weighted by Crippen LogP contribution is -2.54. The standard InChI is InChI=1S/C32H47N3O5/c1-6-8-15-21-33-29(37)28(25-19-13-14-20-27(25)36)35(22-16-9-7-2)30(38)26(23-24-17-11-10-12-18-24)34-31(39)40-32(3,4)5/h10-14,17-20,26,28,36H,6-9,15-16,21-23H2,1-5H3,(H,33,37)(H,34,39). The van der Waals surface area contributed by atoms with Crippen molar-refractivity contribution in [2.75, 3.05) is 13.1 Å². The predicted molar refractivity (Wildman–Crippen MR) is 158 cm³/mol. The normalized spacial score (nSPS) is 12.7. The monoisotopic (exact) mass is 553 g/mol. The molecule has 0 saturated heterocycles. The number of hydrogen-bond donors (Lipinski definition) is 3. The number of nitrogens with zero attached hydrogens (tertiary/aromatic N) is 1. The van der Waals surface area contributed by atoms with E-state index in [1.165, 1.54) is 11.0 Å². The molecule has 0 bridgehead atoms. The van der Waals surface area contributed by atoms with Crippen LogP contribution in [0.15, 0.2) is 54.6 Å². The molecule has 0 fully saturated rings. The van der Waals surface area contributed by atoms with Crippen LogP contribution in [0, 0.1) is 0 Å². The predicted octanol–water partition coefficient (Wildman–Crippen LogP) is 5.89. The van der Waals surface area contributed by atoms with Crippen LogP contribution in [0.25, 0.3) is 0 Å². The van der Waals surface area contributed by atoms with Crippen molar-refractivity contribution >= 4 is 17.9 Å². The minimum Gasteiger partial charge on any atom is -0.508 e. The summed E-state index contributed by atoms with van der Waals surface area (Å²) in [6, 6.07) is 14.0. The van der Waals surface area contributed by atoms with E-state index < -0.39 is 29.7 Å². The molecule has 0 spiro atoms. The summed E-state index contributed by atoms with van der Waals surface area (Å²) in [4.78, 5) is 42.4. The number of aromatic hydroxyl groups is 1. The summed E-state index contributed by atoms with van der Waals surface area (Å²) in [5.74, 6) is -0.842. The van der Waals surface area contributed by atoms with E-state index in [1.54, 1.807) is 39.0 Å². The molecule has 0 radical (unpaired) electrons. The van der Waals surface area contributed by atoms with E-state index in [1.807, 2.05) is 30.3 Å². The third kappa shape index (κ3) is 10.9. The molecule has 8 nitrogen and oxygen atoms in total. The fraction of sp³-hybridized carbons (Fsp3) is 0.531. The Balaban J connectivity index is 2.51. The van der Waals surface area contributed by atoms with Gasteiger partial charge < -0.3 is 25.4 Å². The zero-order chi connectivity index (χ0) is 29.5. The number of alkyl carbamates (subject to hydrolysis) is 1. The van der Waals surface area contributed by atoms with Gasteiger partial charge in [0.15, 0.2) is 0 Å². The van der Waals surface area contributed by atoms with Gasteiger partial charge in [0.1, 0.15) is 23.4 Å². The third-order valence-corrected chi connectivity index (χ3v) is 6.43. The highest BCUT2D eigenvalue weighted by molar-refractivity contribution is 5.92. The summed E-state index contributed by atoms with van der Waals surface area (Å²) >= 11 is 0. The van der Waals surface area contributed by atoms with Gasteiger partial charge in [0.05, 0.1) is 0 Å². The van der Waals surface area contributed by atoms with Crippen molar-refractivity contribution in [3.8, 4) is 5.75 Å². The molecule has 2 rings (SSSR count). The minimum absolute atomic E-state index is 0.0655. The highest BCUT2D eigenvalue weighted by Gasteiger charge is 2.37. The zero-order valence-electron chi connectivity index (χ0n) is 24.7. The molecule has 0 aliphatic rings. The van der Waals surface area contributed by atoms with Crippen LogP contribution in [-0.4, -0.2) is 52.6 Å². The summed E-state index contributed by atoms with van der Waals surface area (Å²) in [5, 5.41) is 16.5. The van der Waals surface area contributed by atoms with Gasteiger partial charge in [-0.05, 0) is 45.2 Å². The molecule has 220 valence electrons. The first-order chi connectivity index (χ1) is 19.1. The number of phenols is 1. The maximum Gasteiger partial charge on any atom is 0.408 e. The smallest absolute Gasteiger partial charge is 0.408 e. The number of rotatable bonds is 15. The summed E-state index contributed by atoms with van der Waals surface area (Å²) in [6.07, 6.45) is 4.76. The Morgan fingerprint density at radius 3 is 2.15 bits per heavy atom. The van der Waals surface area contributed by atoms with Crippen molar-refractivity contribution in [1.82, 2.24) is 15.5 Å². The van der Waals surface area contributed by atoms with Crippen LogP contribution in [0.1, 0.15) is 90.3 Å². The van der Waals surface area contributed by atoms with E-state index in [0.29, 0.717) is 18.5 Å². The van der Waals surface area contributed by atoms with E-state index >= 15 is 0 Å². The molecule has 3 amide bonds. The third-order valence-electron chi connectivity index (χ3n) is 6.43. The Morgan fingerprint density at radius 2 is 1.52 bits per heavy atom. The number of nitrogens with one attached hydrogen (secondary N) is 2. The summed E-state index contributed by atoms with van der Waals surface area (Å²) in [6.45, 7) is 10.2. The molecule has 0 aromatic heterocycles. The number of hydrogen-bond acceptors (Lipinski definition) is 5. The number of carbonyl (C=O) groups is 3. The molecule has 2 aromatic rings. The first-order valence-corrected chi connectivity index (χ1v) is 14.5. The fourth-order valence-electron chi connectivity index (χ4n) is 4.45. The van der Waals surface area contributed by atoms with Crippen molar-refractivity contribution < 1.29 is 24.2 Å². The van der Waals surface area contributed by atoms with Crippen molar-refractivity contribution in [1.29, 1.82) is 0 Å². The van der Waals surface area contributed by atoms with Gasteiger partial charge in [0.2, 0.25) is 11.8 Å². The molecule has 0 heterocycles. The number of ether oxygens (including phenoxy) is 1. The number of benzene rings is 2. The summed E-state index contributed by atoms with van der Waals surface area (Å²) in [5.41, 5.74) is 0.451. The van der Waals surface area contributed by atoms with E-state index in [9.17, 15) is 19.5 Å². The molecular formula is C32H47N3O5. The molecule has 2 unspecified atom stereocenters. The van der Waals surface area contributed by atoms with Gasteiger partial charge >= 0.3 is 6.09 Å². The SMILES string of the molecule is CCCCCNC(=O)C(c1ccccc1O)N(CCCCC)C(=O)C(Cc1ccccc1)NC(=O)OC(C)(C)C. The second-order valence-corrected chi connectivity index (χ2v) is 11.1. The van der Waals surface area contributed by atoms with Crippen LogP contribution in [-0.2, 0) is 20.7 Å². The largest absolute Gasteiger partial charge is 0.508 e. The van der Waals surface area contributed by atoms with Crippen LogP contribution in [0.5, 0.6) is 5.75 Å². The van der Waals surface area contributed by atoms with Gasteiger partial charge in [-0.25, -0.2) is 4.79 Å². The molecule has 0 aliphatic heterocycles. The Hall–Kier alpha value is -3.55. The van der Waals surface area contributed by atoms with Crippen LogP contribution in [0.2, 0.25) is 0 Å². The van der Waals surface area contributed by atoms with E-state index in [0.717, 1.165) is 37.7 Å². The van der Waals surface area contributed by atoms with Crippen LogP contribution in [0.4, 0.5) is 4.79 Å². The molecule has 0 saturated carbocycles. The van der Waals surface area contributed by atoms with Crippen molar-refractivity contribution in [2.45, 2.75) is 97.2 Å². The van der Waals surface area contributed by atoms with Gasteiger partial charge in [-0.2, -0.15) is 0 Å². The molecule has 2 atom stereocenters. The zero-order valence-corrected chi connectivity index (χ0v) is 24.7. The first-order valence-electron chi connectivity index (χ1n) is 14.5. The molecule has 8 heteroatoms. The van der Waals surface area contributed by atoms with Gasteiger partial charge in [0, 0.05) is 25.1 Å². The average molecular weight is 554 g/mol. The van der Waals surface area contributed by atoms with Crippen molar-refractivity contribution in [2.24, 2.45) is 0 Å². The molecule has 3 N–H and O–H groups in total. The van der Waals surface area contributed by atoms with Crippen molar-refractivity contribution in [3.05, 3.63) is 65.7 Å².